The molecule has 1 unspecified atom stereocenters. The summed E-state index contributed by atoms with van der Waals surface area (Å²) in [6.45, 7) is 0. The molecule has 64 heavy (non-hydrogen) atoms. The number of fused-ring (bicyclic) bond motifs is 8. The number of rotatable bonds is 7. The highest BCUT2D eigenvalue weighted by atomic mass is 15.2. The molecule has 1 aliphatic carbocycles. The third-order valence-corrected chi connectivity index (χ3v) is 13.5. The van der Waals surface area contributed by atoms with Crippen molar-refractivity contribution in [3.05, 3.63) is 271 Å². The van der Waals surface area contributed by atoms with Crippen molar-refractivity contribution < 1.29 is 0 Å². The van der Waals surface area contributed by atoms with Crippen LogP contribution < -0.4 is 9.80 Å². The van der Waals surface area contributed by atoms with Crippen LogP contribution in [0.5, 0.6) is 0 Å². The highest BCUT2D eigenvalue weighted by molar-refractivity contribution is 6.11. The first-order valence-corrected chi connectivity index (χ1v) is 22.1. The summed E-state index contributed by atoms with van der Waals surface area (Å²) in [6, 6.07) is 91.3. The molecule has 0 saturated heterocycles. The number of anilines is 6. The van der Waals surface area contributed by atoms with Gasteiger partial charge < -0.3 is 14.4 Å². The maximum absolute atomic E-state index is 2.49. The van der Waals surface area contributed by atoms with E-state index in [4.69, 9.17) is 0 Å². The number of aromatic nitrogens is 1. The van der Waals surface area contributed by atoms with Crippen LogP contribution in [-0.4, -0.2) is 4.57 Å². The van der Waals surface area contributed by atoms with Gasteiger partial charge in [-0.3, -0.25) is 0 Å². The Morgan fingerprint density at radius 2 is 0.922 bits per heavy atom. The van der Waals surface area contributed by atoms with Gasteiger partial charge in [-0.25, -0.2) is 0 Å². The van der Waals surface area contributed by atoms with Crippen LogP contribution in [-0.2, 0) is 5.41 Å². The fraction of sp³-hybridized carbons (Fsp3) is 0.0164. The molecule has 0 N–H and O–H groups in total. The monoisotopic (exact) mass is 815 g/mol. The summed E-state index contributed by atoms with van der Waals surface area (Å²) < 4.78 is 2.39. The summed E-state index contributed by atoms with van der Waals surface area (Å²) in [5.41, 5.74) is 19.8. The van der Waals surface area contributed by atoms with Gasteiger partial charge in [0, 0.05) is 44.8 Å². The molecule has 0 fully saturated rings. The highest BCUT2D eigenvalue weighted by Crippen LogP contribution is 2.65. The van der Waals surface area contributed by atoms with Crippen molar-refractivity contribution in [3.8, 4) is 27.9 Å². The van der Waals surface area contributed by atoms with Gasteiger partial charge in [-0.05, 0) is 124 Å². The molecule has 1 aromatic heterocycles. The summed E-state index contributed by atoms with van der Waals surface area (Å²) in [6.07, 6.45) is 0. The molecule has 0 saturated carbocycles. The molecule has 3 nitrogen and oxygen atoms in total. The molecule has 2 heterocycles. The minimum Gasteiger partial charge on any atom is -0.310 e. The van der Waals surface area contributed by atoms with E-state index in [2.05, 4.69) is 263 Å². The lowest BCUT2D eigenvalue weighted by Gasteiger charge is -2.44. The zero-order valence-electron chi connectivity index (χ0n) is 35.0. The Bertz CT molecular complexity index is 3540. The Labute approximate surface area is 373 Å². The summed E-state index contributed by atoms with van der Waals surface area (Å²) in [5, 5.41) is 2.44. The van der Waals surface area contributed by atoms with E-state index in [9.17, 15) is 0 Å². The SMILES string of the molecule is c1ccc(-c2ccc(N(c3ccc4c(c3)C3(c5ccccc5)c5ccccc5N(c5ccccc5)c5cccc-4c53)c3ccc4c(c3)c3ccccc3n4-c3ccccc3)cc2)cc1. The zero-order chi connectivity index (χ0) is 42.2. The summed E-state index contributed by atoms with van der Waals surface area (Å²) in [7, 11) is 0. The molecular formula is C61H41N3. The maximum atomic E-state index is 2.49. The first-order valence-electron chi connectivity index (χ1n) is 22.1. The fourth-order valence-corrected chi connectivity index (χ4v) is 10.9. The van der Waals surface area contributed by atoms with E-state index in [-0.39, 0.29) is 0 Å². The zero-order valence-corrected chi connectivity index (χ0v) is 35.0. The van der Waals surface area contributed by atoms with Crippen LogP contribution in [0.4, 0.5) is 34.1 Å². The van der Waals surface area contributed by atoms with Crippen LogP contribution in [0.25, 0.3) is 49.7 Å². The van der Waals surface area contributed by atoms with Gasteiger partial charge in [0.05, 0.1) is 27.8 Å². The number of hydrogen-bond donors (Lipinski definition) is 0. The number of para-hydroxylation sites is 4. The third kappa shape index (κ3) is 5.28. The van der Waals surface area contributed by atoms with Crippen molar-refractivity contribution in [1.29, 1.82) is 0 Å². The van der Waals surface area contributed by atoms with Crippen molar-refractivity contribution >= 4 is 55.9 Å². The summed E-state index contributed by atoms with van der Waals surface area (Å²) >= 11 is 0. The van der Waals surface area contributed by atoms with E-state index in [0.29, 0.717) is 0 Å². The van der Waals surface area contributed by atoms with Crippen LogP contribution in [0, 0.1) is 0 Å². The normalized spacial score (nSPS) is 14.6. The van der Waals surface area contributed by atoms with E-state index in [0.717, 1.165) is 28.4 Å². The van der Waals surface area contributed by atoms with Crippen molar-refractivity contribution in [2.45, 2.75) is 5.41 Å². The molecule has 10 aromatic carbocycles. The molecule has 13 rings (SSSR count). The van der Waals surface area contributed by atoms with E-state index in [1.807, 2.05) is 0 Å². The Kier molecular flexibility index (Phi) is 8.13. The minimum atomic E-state index is -0.573. The highest BCUT2D eigenvalue weighted by Gasteiger charge is 2.52. The van der Waals surface area contributed by atoms with Crippen molar-refractivity contribution in [1.82, 2.24) is 4.57 Å². The number of nitrogens with zero attached hydrogens (tertiary/aromatic N) is 3. The third-order valence-electron chi connectivity index (χ3n) is 13.5. The Hall–Kier alpha value is -8.40. The lowest BCUT2D eigenvalue weighted by atomic mass is 9.65. The second-order valence-electron chi connectivity index (χ2n) is 16.9. The maximum Gasteiger partial charge on any atom is 0.0755 e. The fourth-order valence-electron chi connectivity index (χ4n) is 10.9. The smallest absolute Gasteiger partial charge is 0.0755 e. The lowest BCUT2D eigenvalue weighted by molar-refractivity contribution is 0.753. The van der Waals surface area contributed by atoms with Gasteiger partial charge in [-0.1, -0.05) is 164 Å². The average Bonchev–Trinajstić information content (AvgIpc) is 3.86. The quantitative estimate of drug-likeness (QED) is 0.159. The molecular weight excluding hydrogens is 775 g/mol. The molecule has 3 heteroatoms. The van der Waals surface area contributed by atoms with Crippen LogP contribution in [0.3, 0.4) is 0 Å². The van der Waals surface area contributed by atoms with Gasteiger partial charge in [0.2, 0.25) is 0 Å². The van der Waals surface area contributed by atoms with Gasteiger partial charge >= 0.3 is 0 Å². The van der Waals surface area contributed by atoms with Crippen molar-refractivity contribution in [3.63, 3.8) is 0 Å². The van der Waals surface area contributed by atoms with E-state index >= 15 is 0 Å². The largest absolute Gasteiger partial charge is 0.310 e. The van der Waals surface area contributed by atoms with E-state index in [1.54, 1.807) is 0 Å². The molecule has 2 aliphatic rings. The van der Waals surface area contributed by atoms with Crippen molar-refractivity contribution in [2.75, 3.05) is 9.80 Å². The minimum absolute atomic E-state index is 0.573. The van der Waals surface area contributed by atoms with Gasteiger partial charge in [-0.15, -0.1) is 0 Å². The van der Waals surface area contributed by atoms with E-state index in [1.165, 1.54) is 77.7 Å². The van der Waals surface area contributed by atoms with Crippen LogP contribution >= 0.6 is 0 Å². The Balaban J connectivity index is 1.07. The van der Waals surface area contributed by atoms with Gasteiger partial charge in [-0.2, -0.15) is 0 Å². The molecule has 11 aromatic rings. The molecule has 0 radical (unpaired) electrons. The Morgan fingerprint density at radius 1 is 0.344 bits per heavy atom. The van der Waals surface area contributed by atoms with Gasteiger partial charge in [0.1, 0.15) is 0 Å². The summed E-state index contributed by atoms with van der Waals surface area (Å²) in [5.74, 6) is 0. The number of hydrogen-bond acceptors (Lipinski definition) is 2. The van der Waals surface area contributed by atoms with Gasteiger partial charge in [0.15, 0.2) is 0 Å². The first-order chi connectivity index (χ1) is 31.8. The van der Waals surface area contributed by atoms with Crippen LogP contribution in [0.15, 0.2) is 249 Å². The van der Waals surface area contributed by atoms with E-state index < -0.39 is 5.41 Å². The average molecular weight is 816 g/mol. The topological polar surface area (TPSA) is 11.4 Å². The molecule has 1 aliphatic heterocycles. The molecule has 300 valence electrons. The Morgan fingerprint density at radius 3 is 1.70 bits per heavy atom. The number of benzene rings is 10. The van der Waals surface area contributed by atoms with Crippen molar-refractivity contribution in [2.24, 2.45) is 0 Å². The second kappa shape index (κ2) is 14.3. The first kappa shape index (κ1) is 36.3. The van der Waals surface area contributed by atoms with Crippen LogP contribution in [0.1, 0.15) is 22.3 Å². The predicted octanol–water partition coefficient (Wildman–Crippen LogP) is 16.1. The standard InChI is InChI=1S/C61H41N3/c1-5-18-42(19-6-1)43-32-34-47(35-33-43)62(48-37-39-57-53(40-48)51-26-13-15-29-56(51)63(57)45-22-9-3-10-23-45)49-36-38-50-52-27-17-31-59-60(52)61(55(50)41-49,44-20-7-2-8-21-44)54-28-14-16-30-58(54)64(59)46-24-11-4-12-25-46/h1-41H. The predicted molar refractivity (Wildman–Crippen MR) is 266 cm³/mol. The lowest BCUT2D eigenvalue weighted by Crippen LogP contribution is -2.36. The molecule has 0 spiro atoms. The molecule has 1 atom stereocenters. The second-order valence-corrected chi connectivity index (χ2v) is 16.9. The molecule has 0 amide bonds. The van der Waals surface area contributed by atoms with Crippen LogP contribution in [0.2, 0.25) is 0 Å². The summed E-state index contributed by atoms with van der Waals surface area (Å²) in [4.78, 5) is 4.92. The molecule has 0 bridgehead atoms. The van der Waals surface area contributed by atoms with Gasteiger partial charge in [0.25, 0.3) is 0 Å².